The third kappa shape index (κ3) is 3.02. The van der Waals surface area contributed by atoms with Crippen LogP contribution >= 0.6 is 11.6 Å². The second-order valence-corrected chi connectivity index (χ2v) is 8.04. The summed E-state index contributed by atoms with van der Waals surface area (Å²) in [5.41, 5.74) is 0. The molecule has 3 unspecified atom stereocenters. The first kappa shape index (κ1) is 15.8. The number of sulfone groups is 1. The molecule has 0 amide bonds. The van der Waals surface area contributed by atoms with Gasteiger partial charge < -0.3 is 5.32 Å². The van der Waals surface area contributed by atoms with E-state index in [-0.39, 0.29) is 16.2 Å². The highest BCUT2D eigenvalue weighted by atomic mass is 35.5. The zero-order valence-corrected chi connectivity index (χ0v) is 13.5. The summed E-state index contributed by atoms with van der Waals surface area (Å²) >= 11 is 6.09. The summed E-state index contributed by atoms with van der Waals surface area (Å²) in [6.45, 7) is 2.13. The maximum Gasteiger partial charge on any atom is 0.184 e. The van der Waals surface area contributed by atoms with Crippen LogP contribution in [0.5, 0.6) is 0 Å². The van der Waals surface area contributed by atoms with E-state index in [1.165, 1.54) is 0 Å². The third-order valence-electron chi connectivity index (χ3n) is 4.39. The third-order valence-corrected chi connectivity index (χ3v) is 7.12. The molecule has 2 rings (SSSR count). The van der Waals surface area contributed by atoms with Crippen LogP contribution in [0.25, 0.3) is 0 Å². The predicted molar refractivity (Wildman–Crippen MR) is 82.9 cm³/mol. The molecule has 3 atom stereocenters. The first-order valence-electron chi connectivity index (χ1n) is 7.16. The summed E-state index contributed by atoms with van der Waals surface area (Å²) in [5.74, 6) is 0.488. The topological polar surface area (TPSA) is 46.2 Å². The minimum absolute atomic E-state index is 0.0130. The van der Waals surface area contributed by atoms with E-state index >= 15 is 0 Å². The van der Waals surface area contributed by atoms with Gasteiger partial charge in [0.1, 0.15) is 0 Å². The number of hydrogen-bond acceptors (Lipinski definition) is 3. The second-order valence-electron chi connectivity index (χ2n) is 5.50. The Balaban J connectivity index is 2.38. The van der Waals surface area contributed by atoms with Gasteiger partial charge >= 0.3 is 0 Å². The zero-order valence-electron chi connectivity index (χ0n) is 12.0. The van der Waals surface area contributed by atoms with Gasteiger partial charge in [-0.2, -0.15) is 0 Å². The van der Waals surface area contributed by atoms with Crippen molar-refractivity contribution in [3.63, 3.8) is 0 Å². The van der Waals surface area contributed by atoms with Crippen molar-refractivity contribution >= 4 is 21.4 Å². The summed E-state index contributed by atoms with van der Waals surface area (Å²) in [7, 11) is -1.55. The molecular weight excluding hydrogens is 294 g/mol. The van der Waals surface area contributed by atoms with Crippen LogP contribution in [0, 0.1) is 5.92 Å². The lowest BCUT2D eigenvalue weighted by molar-refractivity contribution is 0.296. The number of benzene rings is 1. The van der Waals surface area contributed by atoms with Crippen molar-refractivity contribution in [3.8, 4) is 0 Å². The number of nitrogens with one attached hydrogen (secondary N) is 1. The molecule has 0 aromatic heterocycles. The van der Waals surface area contributed by atoms with E-state index in [1.54, 1.807) is 24.3 Å². The largest absolute Gasteiger partial charge is 0.316 e. The summed E-state index contributed by atoms with van der Waals surface area (Å²) < 4.78 is 25.8. The Bertz CT molecular complexity index is 559. The fourth-order valence-corrected chi connectivity index (χ4v) is 5.72. The van der Waals surface area contributed by atoms with E-state index in [0.29, 0.717) is 10.9 Å². The lowest BCUT2D eigenvalue weighted by Gasteiger charge is -2.35. The number of rotatable bonds is 4. The first-order chi connectivity index (χ1) is 9.50. The fraction of sp³-hybridized carbons (Fsp3) is 0.600. The Hall–Kier alpha value is -0.580. The summed E-state index contributed by atoms with van der Waals surface area (Å²) in [4.78, 5) is 0.267. The molecule has 1 aliphatic rings. The Morgan fingerprint density at radius 1 is 1.30 bits per heavy atom. The molecule has 1 aliphatic carbocycles. The maximum absolute atomic E-state index is 12.9. The predicted octanol–water partition coefficient (Wildman–Crippen LogP) is 3.28. The smallest absolute Gasteiger partial charge is 0.184 e. The van der Waals surface area contributed by atoms with Crippen molar-refractivity contribution in [2.75, 3.05) is 7.05 Å². The van der Waals surface area contributed by atoms with Gasteiger partial charge in [0.05, 0.1) is 15.2 Å². The van der Waals surface area contributed by atoms with E-state index in [0.717, 1.165) is 25.7 Å². The van der Waals surface area contributed by atoms with Crippen molar-refractivity contribution in [3.05, 3.63) is 29.3 Å². The maximum atomic E-state index is 12.9. The van der Waals surface area contributed by atoms with Crippen LogP contribution in [0.2, 0.25) is 5.02 Å². The Labute approximate surface area is 126 Å². The highest BCUT2D eigenvalue weighted by molar-refractivity contribution is 7.92. The average molecular weight is 316 g/mol. The molecule has 112 valence electrons. The van der Waals surface area contributed by atoms with Crippen LogP contribution in [-0.2, 0) is 9.84 Å². The van der Waals surface area contributed by atoms with E-state index in [4.69, 9.17) is 11.6 Å². The van der Waals surface area contributed by atoms with Crippen LogP contribution in [0.4, 0.5) is 0 Å². The molecule has 0 aliphatic heterocycles. The van der Waals surface area contributed by atoms with Gasteiger partial charge in [-0.1, -0.05) is 37.1 Å². The number of halogens is 1. The Morgan fingerprint density at radius 2 is 2.00 bits per heavy atom. The molecule has 3 nitrogen and oxygen atoms in total. The molecular formula is C15H22ClNO2S. The standard InChI is InChI=1S/C15H22ClNO2S/c1-3-11-8-9-13(17-2)15(10-11)20(18,19)14-7-5-4-6-12(14)16/h4-7,11,13,15,17H,3,8-10H2,1-2H3. The minimum atomic E-state index is -3.39. The van der Waals surface area contributed by atoms with Crippen molar-refractivity contribution < 1.29 is 8.42 Å². The number of hydrogen-bond donors (Lipinski definition) is 1. The second kappa shape index (κ2) is 6.46. The lowest BCUT2D eigenvalue weighted by atomic mass is 9.84. The van der Waals surface area contributed by atoms with Crippen LogP contribution in [0.1, 0.15) is 32.6 Å². The molecule has 20 heavy (non-hydrogen) atoms. The Kier molecular flexibility index (Phi) is 5.10. The SMILES string of the molecule is CCC1CCC(NC)C(S(=O)(=O)c2ccccc2Cl)C1. The molecule has 0 heterocycles. The molecule has 1 fully saturated rings. The molecule has 0 bridgehead atoms. The monoisotopic (exact) mass is 315 g/mol. The molecule has 1 saturated carbocycles. The normalized spacial score (nSPS) is 27.4. The Morgan fingerprint density at radius 3 is 2.60 bits per heavy atom. The van der Waals surface area contributed by atoms with Crippen molar-refractivity contribution in [1.29, 1.82) is 0 Å². The molecule has 0 saturated heterocycles. The zero-order chi connectivity index (χ0) is 14.8. The molecule has 0 radical (unpaired) electrons. The molecule has 1 aromatic carbocycles. The minimum Gasteiger partial charge on any atom is -0.316 e. The van der Waals surface area contributed by atoms with E-state index in [2.05, 4.69) is 12.2 Å². The van der Waals surface area contributed by atoms with Crippen molar-refractivity contribution in [1.82, 2.24) is 5.32 Å². The van der Waals surface area contributed by atoms with Gasteiger partial charge in [-0.25, -0.2) is 8.42 Å². The van der Waals surface area contributed by atoms with Gasteiger partial charge in [0, 0.05) is 6.04 Å². The van der Waals surface area contributed by atoms with Crippen molar-refractivity contribution in [2.24, 2.45) is 5.92 Å². The lowest BCUT2D eigenvalue weighted by Crippen LogP contribution is -2.46. The van der Waals surface area contributed by atoms with Crippen molar-refractivity contribution in [2.45, 2.75) is 48.8 Å². The van der Waals surface area contributed by atoms with Crippen LogP contribution in [-0.4, -0.2) is 26.8 Å². The highest BCUT2D eigenvalue weighted by Gasteiger charge is 2.39. The summed E-state index contributed by atoms with van der Waals surface area (Å²) in [5, 5.41) is 3.11. The van der Waals surface area contributed by atoms with Gasteiger partial charge in [0.2, 0.25) is 0 Å². The first-order valence-corrected chi connectivity index (χ1v) is 9.08. The molecule has 5 heteroatoms. The summed E-state index contributed by atoms with van der Waals surface area (Å²) in [6, 6.07) is 6.75. The highest BCUT2D eigenvalue weighted by Crippen LogP contribution is 2.35. The van der Waals surface area contributed by atoms with E-state index < -0.39 is 9.84 Å². The van der Waals surface area contributed by atoms with Crippen LogP contribution in [0.15, 0.2) is 29.2 Å². The average Bonchev–Trinajstić information content (AvgIpc) is 2.46. The molecule has 1 N–H and O–H groups in total. The van der Waals surface area contributed by atoms with Gasteiger partial charge in [0.25, 0.3) is 0 Å². The van der Waals surface area contributed by atoms with Crippen LogP contribution < -0.4 is 5.32 Å². The molecule has 1 aromatic rings. The van der Waals surface area contributed by atoms with Gasteiger partial charge in [-0.15, -0.1) is 0 Å². The van der Waals surface area contributed by atoms with Gasteiger partial charge in [-0.05, 0) is 44.4 Å². The van der Waals surface area contributed by atoms with E-state index in [9.17, 15) is 8.42 Å². The quantitative estimate of drug-likeness (QED) is 0.927. The van der Waals surface area contributed by atoms with Crippen LogP contribution in [0.3, 0.4) is 0 Å². The summed E-state index contributed by atoms with van der Waals surface area (Å²) in [6.07, 6.45) is 3.75. The van der Waals surface area contributed by atoms with Gasteiger partial charge in [-0.3, -0.25) is 0 Å². The van der Waals surface area contributed by atoms with E-state index in [1.807, 2.05) is 7.05 Å². The van der Waals surface area contributed by atoms with Gasteiger partial charge in [0.15, 0.2) is 9.84 Å². The fourth-order valence-electron chi connectivity index (χ4n) is 3.09. The molecule has 0 spiro atoms.